The fraction of sp³-hybridized carbons (Fsp3) is 0.719. The Morgan fingerprint density at radius 2 is 1.54 bits per heavy atom. The molecule has 0 aromatic heterocycles. The number of rotatable bonds is 17. The third kappa shape index (κ3) is 9.24. The lowest BCUT2D eigenvalue weighted by molar-refractivity contribution is -0.153. The molecule has 0 spiro atoms. The highest BCUT2D eigenvalue weighted by Gasteiger charge is 2.46. The largest absolute Gasteiger partial charge is 0.298 e. The zero-order chi connectivity index (χ0) is 28.8. The second kappa shape index (κ2) is 17.2. The van der Waals surface area contributed by atoms with Crippen LogP contribution in [0.3, 0.4) is 0 Å². The van der Waals surface area contributed by atoms with Crippen LogP contribution in [0, 0.1) is 35.0 Å². The molecule has 216 valence electrons. The lowest BCUT2D eigenvalue weighted by Crippen LogP contribution is -2.55. The van der Waals surface area contributed by atoms with Crippen molar-refractivity contribution in [1.82, 2.24) is 9.80 Å². The summed E-state index contributed by atoms with van der Waals surface area (Å²) in [4.78, 5) is 29.4. The molecule has 0 N–H and O–H groups in total. The molecule has 1 aliphatic rings. The molecule has 1 aromatic rings. The minimum absolute atomic E-state index is 0.230. The summed E-state index contributed by atoms with van der Waals surface area (Å²) >= 11 is 0. The van der Waals surface area contributed by atoms with Crippen LogP contribution in [0.15, 0.2) is 34.5 Å². The molecule has 5 unspecified atom stereocenters. The standard InChI is InChI=1S/C32H51N5O2/c1-7-12-16-25(9-3)21-36(22-26(10-4)17-13-8-2)23-27-18-14-15-19-29(27)34-35-30-24(6)28(20-33)31(38)37(11-5)32(30)39/h14-15,18-19,24-26,28,30H,7-13,16-17,21-23H2,1-6H3/b35-34+. The van der Waals surface area contributed by atoms with Crippen molar-refractivity contribution in [2.45, 2.75) is 105 Å². The molecule has 5 atom stereocenters. The highest BCUT2D eigenvalue weighted by molar-refractivity contribution is 6.02. The molecular weight excluding hydrogens is 486 g/mol. The maximum Gasteiger partial charge on any atom is 0.256 e. The summed E-state index contributed by atoms with van der Waals surface area (Å²) in [5, 5.41) is 18.6. The molecule has 7 nitrogen and oxygen atoms in total. The number of unbranched alkanes of at least 4 members (excludes halogenated alkanes) is 2. The lowest BCUT2D eigenvalue weighted by atomic mass is 9.83. The Morgan fingerprint density at radius 1 is 0.949 bits per heavy atom. The average Bonchev–Trinajstić information content (AvgIpc) is 2.94. The van der Waals surface area contributed by atoms with Crippen LogP contribution in [0.5, 0.6) is 0 Å². The van der Waals surface area contributed by atoms with Gasteiger partial charge < -0.3 is 0 Å². The summed E-state index contributed by atoms with van der Waals surface area (Å²) in [6, 6.07) is 9.27. The zero-order valence-electron chi connectivity index (χ0n) is 25.2. The van der Waals surface area contributed by atoms with Crippen molar-refractivity contribution in [2.75, 3.05) is 19.6 Å². The van der Waals surface area contributed by atoms with Gasteiger partial charge in [-0.3, -0.25) is 19.4 Å². The Labute approximate surface area is 237 Å². The summed E-state index contributed by atoms with van der Waals surface area (Å²) in [7, 11) is 0. The third-order valence-electron chi connectivity index (χ3n) is 8.33. The van der Waals surface area contributed by atoms with E-state index in [0.717, 1.165) is 35.8 Å². The molecule has 1 saturated heterocycles. The monoisotopic (exact) mass is 537 g/mol. The fourth-order valence-corrected chi connectivity index (χ4v) is 5.58. The van der Waals surface area contributed by atoms with Crippen LogP contribution in [0.4, 0.5) is 5.69 Å². The van der Waals surface area contributed by atoms with Gasteiger partial charge in [0.25, 0.3) is 5.91 Å². The molecule has 0 radical (unpaired) electrons. The van der Waals surface area contributed by atoms with Gasteiger partial charge in [-0.1, -0.05) is 91.3 Å². The van der Waals surface area contributed by atoms with Crippen LogP contribution in [-0.2, 0) is 16.1 Å². The van der Waals surface area contributed by atoms with Crippen molar-refractivity contribution < 1.29 is 9.59 Å². The molecule has 7 heteroatoms. The van der Waals surface area contributed by atoms with Crippen molar-refractivity contribution in [2.24, 2.45) is 33.9 Å². The molecule has 0 saturated carbocycles. The number of carbonyl (C=O) groups excluding carboxylic acids is 2. The summed E-state index contributed by atoms with van der Waals surface area (Å²) in [6.07, 6.45) is 9.84. The van der Waals surface area contributed by atoms with Crippen LogP contribution in [0.2, 0.25) is 0 Å². The minimum Gasteiger partial charge on any atom is -0.298 e. The van der Waals surface area contributed by atoms with E-state index in [0.29, 0.717) is 11.8 Å². The van der Waals surface area contributed by atoms with E-state index in [1.165, 1.54) is 51.4 Å². The number of piperidine rings is 1. The van der Waals surface area contributed by atoms with Crippen LogP contribution in [0.25, 0.3) is 0 Å². The van der Waals surface area contributed by atoms with Gasteiger partial charge in [0.2, 0.25) is 5.91 Å². The van der Waals surface area contributed by atoms with Gasteiger partial charge in [0.15, 0.2) is 6.04 Å². The molecule has 1 heterocycles. The van der Waals surface area contributed by atoms with Gasteiger partial charge in [-0.25, -0.2) is 0 Å². The second-order valence-electron chi connectivity index (χ2n) is 11.2. The van der Waals surface area contributed by atoms with E-state index in [-0.39, 0.29) is 12.5 Å². The number of hydrogen-bond acceptors (Lipinski definition) is 6. The highest BCUT2D eigenvalue weighted by Crippen LogP contribution is 2.30. The molecule has 2 amide bonds. The van der Waals surface area contributed by atoms with Crippen molar-refractivity contribution in [3.63, 3.8) is 0 Å². The van der Waals surface area contributed by atoms with E-state index >= 15 is 0 Å². The number of nitrogens with zero attached hydrogens (tertiary/aromatic N) is 5. The highest BCUT2D eigenvalue weighted by atomic mass is 16.2. The number of imide groups is 1. The first-order valence-corrected chi connectivity index (χ1v) is 15.3. The predicted molar refractivity (Wildman–Crippen MR) is 157 cm³/mol. The van der Waals surface area contributed by atoms with Crippen molar-refractivity contribution >= 4 is 17.5 Å². The number of amides is 2. The van der Waals surface area contributed by atoms with E-state index in [9.17, 15) is 14.9 Å². The first kappa shape index (κ1) is 32.6. The average molecular weight is 538 g/mol. The van der Waals surface area contributed by atoms with Crippen LogP contribution < -0.4 is 0 Å². The van der Waals surface area contributed by atoms with Gasteiger partial charge >= 0.3 is 0 Å². The number of likely N-dealkylation sites (N-methyl/N-ethyl adjacent to an activating group) is 1. The van der Waals surface area contributed by atoms with E-state index in [1.807, 2.05) is 18.2 Å². The third-order valence-corrected chi connectivity index (χ3v) is 8.33. The Hall–Kier alpha value is -2.59. The Morgan fingerprint density at radius 3 is 2.05 bits per heavy atom. The van der Waals surface area contributed by atoms with Gasteiger partial charge in [0.05, 0.1) is 11.8 Å². The molecule has 1 aliphatic heterocycles. The summed E-state index contributed by atoms with van der Waals surface area (Å²) < 4.78 is 0. The number of carbonyl (C=O) groups is 2. The Kier molecular flexibility index (Phi) is 14.4. The normalized spacial score (nSPS) is 21.5. The molecule has 0 aliphatic carbocycles. The topological polar surface area (TPSA) is 89.1 Å². The van der Waals surface area contributed by atoms with Crippen molar-refractivity contribution in [3.05, 3.63) is 29.8 Å². The van der Waals surface area contributed by atoms with E-state index in [2.05, 4.69) is 55.0 Å². The summed E-state index contributed by atoms with van der Waals surface area (Å²) in [5.41, 5.74) is 1.84. The molecule has 1 fully saturated rings. The second-order valence-corrected chi connectivity index (χ2v) is 11.2. The van der Waals surface area contributed by atoms with Crippen LogP contribution in [0.1, 0.15) is 98.5 Å². The molecule has 0 bridgehead atoms. The molecule has 2 rings (SSSR count). The van der Waals surface area contributed by atoms with Gasteiger partial charge in [0, 0.05) is 32.1 Å². The number of nitriles is 1. The number of hydrogen-bond donors (Lipinski definition) is 0. The van der Waals surface area contributed by atoms with Crippen LogP contribution in [-0.4, -0.2) is 47.3 Å². The fourth-order valence-electron chi connectivity index (χ4n) is 5.58. The Balaban J connectivity index is 2.31. The van der Waals surface area contributed by atoms with E-state index < -0.39 is 23.8 Å². The first-order valence-electron chi connectivity index (χ1n) is 15.3. The number of azo groups is 1. The summed E-state index contributed by atoms with van der Waals surface area (Å²) in [6.45, 7) is 15.8. The SMILES string of the molecule is CCCCC(CC)CN(Cc1ccccc1/N=N/C1C(=O)N(CC)C(=O)C(C#N)C1C)CC(CC)CCCC. The summed E-state index contributed by atoms with van der Waals surface area (Å²) in [5.74, 6) is -0.861. The van der Waals surface area contributed by atoms with Crippen molar-refractivity contribution in [1.29, 1.82) is 5.26 Å². The smallest absolute Gasteiger partial charge is 0.256 e. The quantitative estimate of drug-likeness (QED) is 0.152. The zero-order valence-corrected chi connectivity index (χ0v) is 25.2. The maximum atomic E-state index is 13.0. The van der Waals surface area contributed by atoms with Crippen molar-refractivity contribution in [3.8, 4) is 6.07 Å². The maximum absolute atomic E-state index is 13.0. The molecular formula is C32H51N5O2. The van der Waals surface area contributed by atoms with E-state index in [4.69, 9.17) is 0 Å². The van der Waals surface area contributed by atoms with Crippen LogP contribution >= 0.6 is 0 Å². The minimum atomic E-state index is -0.888. The Bertz CT molecular complexity index is 954. The van der Waals surface area contributed by atoms with Gasteiger partial charge in [-0.05, 0) is 43.2 Å². The molecule has 1 aromatic carbocycles. The van der Waals surface area contributed by atoms with Gasteiger partial charge in [-0.15, -0.1) is 0 Å². The number of benzene rings is 1. The number of likely N-dealkylation sites (tertiary alicyclic amines) is 1. The molecule has 39 heavy (non-hydrogen) atoms. The lowest BCUT2D eigenvalue weighted by Gasteiger charge is -2.34. The van der Waals surface area contributed by atoms with Gasteiger partial charge in [-0.2, -0.15) is 15.5 Å². The van der Waals surface area contributed by atoms with Gasteiger partial charge in [0.1, 0.15) is 5.92 Å². The predicted octanol–water partition coefficient (Wildman–Crippen LogP) is 7.54. The first-order chi connectivity index (χ1) is 18.8. The van der Waals surface area contributed by atoms with E-state index in [1.54, 1.807) is 13.8 Å².